The second-order valence-electron chi connectivity index (χ2n) is 2.42. The van der Waals surface area contributed by atoms with E-state index in [9.17, 15) is 0 Å². The fourth-order valence-electron chi connectivity index (χ4n) is 0.897. The number of hydrogen-bond acceptors (Lipinski definition) is 2. The summed E-state index contributed by atoms with van der Waals surface area (Å²) in [5.74, 6) is 0. The summed E-state index contributed by atoms with van der Waals surface area (Å²) < 4.78 is 0. The lowest BCUT2D eigenvalue weighted by Crippen LogP contribution is -2.45. The number of aliphatic hydroxyl groups is 1. The molecule has 1 aliphatic heterocycles. The van der Waals surface area contributed by atoms with Crippen LogP contribution in [0.15, 0.2) is 0 Å². The molecule has 48 valence electrons. The van der Waals surface area contributed by atoms with Crippen molar-refractivity contribution in [3.63, 3.8) is 0 Å². The first-order valence-corrected chi connectivity index (χ1v) is 3.19. The van der Waals surface area contributed by atoms with E-state index in [1.807, 2.05) is 0 Å². The highest BCUT2D eigenvalue weighted by atomic mass is 16.3. The molecule has 0 radical (unpaired) electrons. The Labute approximate surface area is 50.1 Å². The lowest BCUT2D eigenvalue weighted by Gasteiger charge is -2.35. The predicted molar refractivity (Wildman–Crippen MR) is 32.7 cm³/mol. The third-order valence-corrected chi connectivity index (χ3v) is 1.78. The van der Waals surface area contributed by atoms with Gasteiger partial charge in [-0.3, -0.25) is 4.90 Å². The number of nitrogens with zero attached hydrogens (tertiary/aromatic N) is 1. The van der Waals surface area contributed by atoms with Gasteiger partial charge in [0.1, 0.15) is 0 Å². The molecule has 0 aliphatic carbocycles. The molecule has 1 heterocycles. The Balaban J connectivity index is 2.13. The second kappa shape index (κ2) is 2.46. The van der Waals surface area contributed by atoms with Gasteiger partial charge in [0, 0.05) is 6.04 Å². The molecule has 0 aromatic heterocycles. The fourth-order valence-corrected chi connectivity index (χ4v) is 0.897. The lowest BCUT2D eigenvalue weighted by atomic mass is 10.1. The van der Waals surface area contributed by atoms with Crippen molar-refractivity contribution in [2.45, 2.75) is 19.4 Å². The van der Waals surface area contributed by atoms with Crippen LogP contribution < -0.4 is 0 Å². The van der Waals surface area contributed by atoms with Crippen LogP contribution in [0, 0.1) is 0 Å². The van der Waals surface area contributed by atoms with Crippen molar-refractivity contribution in [1.29, 1.82) is 0 Å². The highest BCUT2D eigenvalue weighted by Gasteiger charge is 2.18. The van der Waals surface area contributed by atoms with Crippen LogP contribution in [-0.4, -0.2) is 35.7 Å². The molecule has 0 saturated carbocycles. The highest BCUT2D eigenvalue weighted by molar-refractivity contribution is 4.73. The quantitative estimate of drug-likeness (QED) is 0.550. The van der Waals surface area contributed by atoms with Crippen LogP contribution >= 0.6 is 0 Å². The van der Waals surface area contributed by atoms with Gasteiger partial charge in [-0.25, -0.2) is 0 Å². The third kappa shape index (κ3) is 1.01. The van der Waals surface area contributed by atoms with Gasteiger partial charge in [-0.05, 0) is 26.4 Å². The first kappa shape index (κ1) is 6.05. The molecule has 1 fully saturated rings. The maximum absolute atomic E-state index is 8.63. The monoisotopic (exact) mass is 115 g/mol. The topological polar surface area (TPSA) is 23.5 Å². The minimum atomic E-state index is 0.306. The van der Waals surface area contributed by atoms with E-state index in [-0.39, 0.29) is 0 Å². The minimum Gasteiger partial charge on any atom is -0.395 e. The molecule has 1 atom stereocenters. The van der Waals surface area contributed by atoms with Gasteiger partial charge in [0.15, 0.2) is 0 Å². The minimum absolute atomic E-state index is 0.306. The molecule has 1 N–H and O–H groups in total. The molecule has 0 unspecified atom stereocenters. The summed E-state index contributed by atoms with van der Waals surface area (Å²) in [6, 6.07) is 0.392. The van der Waals surface area contributed by atoms with Crippen molar-refractivity contribution < 1.29 is 5.11 Å². The summed E-state index contributed by atoms with van der Waals surface area (Å²) in [7, 11) is 0. The molecule has 1 aliphatic rings. The van der Waals surface area contributed by atoms with Gasteiger partial charge < -0.3 is 5.11 Å². The standard InChI is InChI=1S/C6H13NO/c1-6(5-8)7-3-2-4-7/h6,8H,2-5H2,1H3/t6-/m0/s1. The highest BCUT2D eigenvalue weighted by Crippen LogP contribution is 2.09. The van der Waals surface area contributed by atoms with Crippen molar-refractivity contribution in [3.8, 4) is 0 Å². The normalized spacial score (nSPS) is 24.8. The van der Waals surface area contributed by atoms with E-state index in [4.69, 9.17) is 5.11 Å². The predicted octanol–water partition coefficient (Wildman–Crippen LogP) is 0.0729. The van der Waals surface area contributed by atoms with Gasteiger partial charge in [0.25, 0.3) is 0 Å². The summed E-state index contributed by atoms with van der Waals surface area (Å²) in [5.41, 5.74) is 0. The molecular formula is C6H13NO. The van der Waals surface area contributed by atoms with Gasteiger partial charge in [0.2, 0.25) is 0 Å². The van der Waals surface area contributed by atoms with E-state index >= 15 is 0 Å². The Bertz CT molecular complexity index is 68.2. The summed E-state index contributed by atoms with van der Waals surface area (Å²) in [6.07, 6.45) is 1.31. The van der Waals surface area contributed by atoms with Gasteiger partial charge in [-0.15, -0.1) is 0 Å². The van der Waals surface area contributed by atoms with Crippen molar-refractivity contribution in [3.05, 3.63) is 0 Å². The van der Waals surface area contributed by atoms with Gasteiger partial charge in [-0.1, -0.05) is 0 Å². The molecular weight excluding hydrogens is 102 g/mol. The van der Waals surface area contributed by atoms with Crippen molar-refractivity contribution in [2.75, 3.05) is 19.7 Å². The zero-order valence-electron chi connectivity index (χ0n) is 5.30. The van der Waals surface area contributed by atoms with E-state index in [0.717, 1.165) is 0 Å². The Kier molecular flexibility index (Phi) is 1.86. The summed E-state index contributed by atoms with van der Waals surface area (Å²) >= 11 is 0. The van der Waals surface area contributed by atoms with E-state index in [0.29, 0.717) is 12.6 Å². The Hall–Kier alpha value is -0.0800. The molecule has 0 aromatic carbocycles. The molecule has 0 bridgehead atoms. The largest absolute Gasteiger partial charge is 0.395 e. The van der Waals surface area contributed by atoms with Crippen molar-refractivity contribution >= 4 is 0 Å². The summed E-state index contributed by atoms with van der Waals surface area (Å²) in [4.78, 5) is 2.28. The van der Waals surface area contributed by atoms with Gasteiger partial charge in [0.05, 0.1) is 6.61 Å². The van der Waals surface area contributed by atoms with Crippen LogP contribution in [0.3, 0.4) is 0 Å². The van der Waals surface area contributed by atoms with Crippen LogP contribution in [0.5, 0.6) is 0 Å². The van der Waals surface area contributed by atoms with Crippen LogP contribution in [0.4, 0.5) is 0 Å². The molecule has 2 heteroatoms. The van der Waals surface area contributed by atoms with E-state index in [1.165, 1.54) is 19.5 Å². The maximum atomic E-state index is 8.63. The first-order valence-electron chi connectivity index (χ1n) is 3.19. The molecule has 1 saturated heterocycles. The van der Waals surface area contributed by atoms with Crippen LogP contribution in [0.2, 0.25) is 0 Å². The average Bonchev–Trinajstić information content (AvgIpc) is 1.62. The summed E-state index contributed by atoms with van der Waals surface area (Å²) in [5, 5.41) is 8.63. The van der Waals surface area contributed by atoms with Gasteiger partial charge >= 0.3 is 0 Å². The molecule has 0 amide bonds. The number of likely N-dealkylation sites (tertiary alicyclic amines) is 1. The SMILES string of the molecule is C[C@@H](CO)N1CCC1. The van der Waals surface area contributed by atoms with Crippen LogP contribution in [0.1, 0.15) is 13.3 Å². The lowest BCUT2D eigenvalue weighted by molar-refractivity contribution is 0.0822. The maximum Gasteiger partial charge on any atom is 0.0584 e. The number of aliphatic hydroxyl groups excluding tert-OH is 1. The molecule has 0 aromatic rings. The van der Waals surface area contributed by atoms with E-state index in [1.54, 1.807) is 0 Å². The molecule has 2 nitrogen and oxygen atoms in total. The van der Waals surface area contributed by atoms with Crippen LogP contribution in [0.25, 0.3) is 0 Å². The smallest absolute Gasteiger partial charge is 0.0584 e. The first-order chi connectivity index (χ1) is 3.84. The van der Waals surface area contributed by atoms with Crippen LogP contribution in [-0.2, 0) is 0 Å². The Morgan fingerprint density at radius 2 is 2.25 bits per heavy atom. The summed E-state index contributed by atoms with van der Waals surface area (Å²) in [6.45, 7) is 4.72. The zero-order chi connectivity index (χ0) is 5.98. The second-order valence-corrected chi connectivity index (χ2v) is 2.42. The van der Waals surface area contributed by atoms with Crippen molar-refractivity contribution in [1.82, 2.24) is 4.90 Å². The Morgan fingerprint density at radius 3 is 2.38 bits per heavy atom. The Morgan fingerprint density at radius 1 is 1.62 bits per heavy atom. The third-order valence-electron chi connectivity index (χ3n) is 1.78. The molecule has 1 rings (SSSR count). The van der Waals surface area contributed by atoms with Crippen molar-refractivity contribution in [2.24, 2.45) is 0 Å². The zero-order valence-corrected chi connectivity index (χ0v) is 5.30. The van der Waals surface area contributed by atoms with E-state index in [2.05, 4.69) is 11.8 Å². The van der Waals surface area contributed by atoms with E-state index < -0.39 is 0 Å². The average molecular weight is 115 g/mol. The fraction of sp³-hybridized carbons (Fsp3) is 1.00. The number of hydrogen-bond donors (Lipinski definition) is 1. The molecule has 8 heavy (non-hydrogen) atoms. The number of rotatable bonds is 2. The molecule has 0 spiro atoms. The van der Waals surface area contributed by atoms with Gasteiger partial charge in [-0.2, -0.15) is 0 Å².